The number of nitrogens with one attached hydrogen (secondary N) is 1. The lowest BCUT2D eigenvalue weighted by Gasteiger charge is -2.18. The molecule has 0 fully saturated rings. The van der Waals surface area contributed by atoms with Crippen molar-refractivity contribution in [3.63, 3.8) is 0 Å². The Morgan fingerprint density at radius 3 is 3.07 bits per heavy atom. The Morgan fingerprint density at radius 2 is 2.36 bits per heavy atom. The van der Waals surface area contributed by atoms with Crippen LogP contribution in [0, 0.1) is 0 Å². The fourth-order valence-corrected chi connectivity index (χ4v) is 1.50. The standard InChI is InChI=1S/C10H18N2O2/c1-12-10(13)14-9-6-2-4-8(11)5-3-7-9/h2,6,8-9H,3-5,7,11H2,1H3,(H,12,13)/b6-2+. The quantitative estimate of drug-likeness (QED) is 0.621. The van der Waals surface area contributed by atoms with Crippen LogP contribution in [0.25, 0.3) is 0 Å². The Morgan fingerprint density at radius 1 is 1.57 bits per heavy atom. The zero-order valence-corrected chi connectivity index (χ0v) is 8.53. The lowest BCUT2D eigenvalue weighted by atomic mass is 10.0. The summed E-state index contributed by atoms with van der Waals surface area (Å²) in [5.41, 5.74) is 5.81. The Hall–Kier alpha value is -1.03. The second kappa shape index (κ2) is 5.65. The predicted octanol–water partition coefficient (Wildman–Crippen LogP) is 1.17. The number of carbonyl (C=O) groups is 1. The molecular weight excluding hydrogens is 180 g/mol. The molecule has 4 nitrogen and oxygen atoms in total. The van der Waals surface area contributed by atoms with E-state index in [1.165, 1.54) is 0 Å². The largest absolute Gasteiger partial charge is 0.442 e. The highest BCUT2D eigenvalue weighted by molar-refractivity contribution is 5.67. The summed E-state index contributed by atoms with van der Waals surface area (Å²) in [4.78, 5) is 11.0. The molecule has 0 bridgehead atoms. The van der Waals surface area contributed by atoms with Gasteiger partial charge in [0.15, 0.2) is 0 Å². The predicted molar refractivity (Wildman–Crippen MR) is 54.9 cm³/mol. The second-order valence-corrected chi connectivity index (χ2v) is 3.55. The minimum absolute atomic E-state index is 0.0950. The number of carbonyl (C=O) groups excluding carboxylic acids is 1. The van der Waals surface area contributed by atoms with Crippen LogP contribution in [0.4, 0.5) is 4.79 Å². The zero-order valence-electron chi connectivity index (χ0n) is 8.53. The van der Waals surface area contributed by atoms with Crippen molar-refractivity contribution in [1.82, 2.24) is 5.32 Å². The van der Waals surface area contributed by atoms with Crippen molar-refractivity contribution in [2.45, 2.75) is 37.8 Å². The van der Waals surface area contributed by atoms with Crippen molar-refractivity contribution in [3.05, 3.63) is 12.2 Å². The molecule has 1 rings (SSSR count). The first-order valence-corrected chi connectivity index (χ1v) is 5.03. The van der Waals surface area contributed by atoms with Gasteiger partial charge >= 0.3 is 6.09 Å². The molecule has 1 aliphatic rings. The number of nitrogens with two attached hydrogens (primary N) is 1. The van der Waals surface area contributed by atoms with Crippen LogP contribution in [0.2, 0.25) is 0 Å². The number of hydrogen-bond donors (Lipinski definition) is 2. The molecule has 0 aromatic carbocycles. The first-order chi connectivity index (χ1) is 6.72. The fraction of sp³-hybridized carbons (Fsp3) is 0.700. The molecule has 0 spiro atoms. The molecule has 1 aliphatic carbocycles. The lowest BCUT2D eigenvalue weighted by molar-refractivity contribution is 0.115. The molecule has 14 heavy (non-hydrogen) atoms. The Kier molecular flexibility index (Phi) is 4.46. The van der Waals surface area contributed by atoms with Crippen LogP contribution >= 0.6 is 0 Å². The molecule has 0 heterocycles. The van der Waals surface area contributed by atoms with Gasteiger partial charge in [0.2, 0.25) is 0 Å². The van der Waals surface area contributed by atoms with Crippen LogP contribution in [0.3, 0.4) is 0 Å². The maximum absolute atomic E-state index is 11.0. The van der Waals surface area contributed by atoms with E-state index >= 15 is 0 Å². The molecule has 0 aromatic rings. The molecule has 0 radical (unpaired) electrons. The molecule has 0 saturated carbocycles. The van der Waals surface area contributed by atoms with Crippen molar-refractivity contribution in [1.29, 1.82) is 0 Å². The summed E-state index contributed by atoms with van der Waals surface area (Å²) in [6.07, 6.45) is 7.19. The summed E-state index contributed by atoms with van der Waals surface area (Å²) in [5, 5.41) is 2.44. The van der Waals surface area contributed by atoms with E-state index in [4.69, 9.17) is 10.5 Å². The van der Waals surface area contributed by atoms with Crippen molar-refractivity contribution < 1.29 is 9.53 Å². The van der Waals surface area contributed by atoms with Gasteiger partial charge in [0.1, 0.15) is 6.10 Å². The first kappa shape index (κ1) is 11.0. The van der Waals surface area contributed by atoms with Gasteiger partial charge < -0.3 is 15.8 Å². The molecular formula is C10H18N2O2. The lowest BCUT2D eigenvalue weighted by Crippen LogP contribution is -2.27. The molecule has 0 aliphatic heterocycles. The number of alkyl carbamates (subject to hydrolysis) is 1. The molecule has 2 atom stereocenters. The van der Waals surface area contributed by atoms with E-state index in [9.17, 15) is 4.79 Å². The highest BCUT2D eigenvalue weighted by Gasteiger charge is 2.13. The number of rotatable bonds is 1. The fourth-order valence-electron chi connectivity index (χ4n) is 1.50. The van der Waals surface area contributed by atoms with Gasteiger partial charge in [0, 0.05) is 13.1 Å². The average molecular weight is 198 g/mol. The van der Waals surface area contributed by atoms with Crippen LogP contribution in [0.15, 0.2) is 12.2 Å². The van der Waals surface area contributed by atoms with Crippen LogP contribution < -0.4 is 11.1 Å². The topological polar surface area (TPSA) is 64.3 Å². The van der Waals surface area contributed by atoms with E-state index in [2.05, 4.69) is 5.32 Å². The van der Waals surface area contributed by atoms with Crippen molar-refractivity contribution in [2.75, 3.05) is 7.05 Å². The minimum atomic E-state index is -0.371. The number of hydrogen-bond acceptors (Lipinski definition) is 3. The van der Waals surface area contributed by atoms with Gasteiger partial charge in [-0.1, -0.05) is 6.08 Å². The Bertz CT molecular complexity index is 216. The monoisotopic (exact) mass is 198 g/mol. The van der Waals surface area contributed by atoms with E-state index in [0.29, 0.717) is 0 Å². The van der Waals surface area contributed by atoms with Crippen molar-refractivity contribution in [3.8, 4) is 0 Å². The third-order valence-electron chi connectivity index (χ3n) is 2.32. The van der Waals surface area contributed by atoms with Crippen LogP contribution in [-0.4, -0.2) is 25.3 Å². The molecule has 3 N–H and O–H groups in total. The molecule has 0 saturated heterocycles. The molecule has 1 amide bonds. The van der Waals surface area contributed by atoms with Crippen LogP contribution in [0.1, 0.15) is 25.7 Å². The summed E-state index contributed by atoms with van der Waals surface area (Å²) in [6, 6.07) is 0.257. The van der Waals surface area contributed by atoms with E-state index in [1.54, 1.807) is 7.05 Å². The summed E-state index contributed by atoms with van der Waals surface area (Å²) in [5.74, 6) is 0. The van der Waals surface area contributed by atoms with E-state index in [1.807, 2.05) is 12.2 Å². The summed E-state index contributed by atoms with van der Waals surface area (Å²) < 4.78 is 5.13. The Balaban J connectivity index is 2.41. The van der Waals surface area contributed by atoms with Gasteiger partial charge in [-0.15, -0.1) is 0 Å². The first-order valence-electron chi connectivity index (χ1n) is 5.03. The second-order valence-electron chi connectivity index (χ2n) is 3.55. The van der Waals surface area contributed by atoms with E-state index in [-0.39, 0.29) is 18.2 Å². The molecule has 0 aromatic heterocycles. The van der Waals surface area contributed by atoms with Gasteiger partial charge in [-0.25, -0.2) is 4.79 Å². The third-order valence-corrected chi connectivity index (χ3v) is 2.32. The number of amides is 1. The maximum Gasteiger partial charge on any atom is 0.407 e. The highest BCUT2D eigenvalue weighted by Crippen LogP contribution is 2.13. The minimum Gasteiger partial charge on any atom is -0.442 e. The molecule has 80 valence electrons. The molecule has 4 heteroatoms. The van der Waals surface area contributed by atoms with Crippen molar-refractivity contribution in [2.24, 2.45) is 5.73 Å². The molecule has 2 unspecified atom stereocenters. The van der Waals surface area contributed by atoms with Crippen LogP contribution in [0.5, 0.6) is 0 Å². The van der Waals surface area contributed by atoms with Gasteiger partial charge in [0.25, 0.3) is 0 Å². The highest BCUT2D eigenvalue weighted by atomic mass is 16.6. The summed E-state index contributed by atoms with van der Waals surface area (Å²) >= 11 is 0. The number of ether oxygens (including phenoxy) is 1. The third kappa shape index (κ3) is 3.79. The van der Waals surface area contributed by atoms with Gasteiger partial charge in [-0.3, -0.25) is 0 Å². The van der Waals surface area contributed by atoms with Gasteiger partial charge in [-0.2, -0.15) is 0 Å². The van der Waals surface area contributed by atoms with Gasteiger partial charge in [-0.05, 0) is 31.8 Å². The Labute approximate surface area is 84.5 Å². The SMILES string of the molecule is CNC(=O)OC1/C=C/CC(N)CCC1. The smallest absolute Gasteiger partial charge is 0.407 e. The maximum atomic E-state index is 11.0. The normalized spacial score (nSPS) is 29.9. The van der Waals surface area contributed by atoms with Crippen molar-refractivity contribution >= 4 is 6.09 Å². The summed E-state index contributed by atoms with van der Waals surface area (Å²) in [6.45, 7) is 0. The summed E-state index contributed by atoms with van der Waals surface area (Å²) in [7, 11) is 1.56. The van der Waals surface area contributed by atoms with Crippen LogP contribution in [-0.2, 0) is 4.74 Å². The average Bonchev–Trinajstić information content (AvgIpc) is 2.14. The van der Waals surface area contributed by atoms with E-state index in [0.717, 1.165) is 25.7 Å². The van der Waals surface area contributed by atoms with E-state index < -0.39 is 0 Å². The zero-order chi connectivity index (χ0) is 10.4. The van der Waals surface area contributed by atoms with Gasteiger partial charge in [0.05, 0.1) is 0 Å².